The molecule has 0 saturated carbocycles. The highest BCUT2D eigenvalue weighted by Gasteiger charge is 2.13. The molecule has 30 heavy (non-hydrogen) atoms. The number of rotatable bonds is 13. The molecule has 0 aliphatic rings. The van der Waals surface area contributed by atoms with Crippen molar-refractivity contribution in [1.82, 2.24) is 0 Å². The van der Waals surface area contributed by atoms with Gasteiger partial charge in [-0.25, -0.2) is 0 Å². The van der Waals surface area contributed by atoms with Crippen molar-refractivity contribution in [2.45, 2.75) is 56.9 Å². The third-order valence-corrected chi connectivity index (χ3v) is 6.24. The van der Waals surface area contributed by atoms with Crippen LogP contribution in [0.25, 0.3) is 0 Å². The maximum atomic E-state index is 11.0. The second-order valence-corrected chi connectivity index (χ2v) is 8.58. The van der Waals surface area contributed by atoms with Crippen LogP contribution in [0.4, 0.5) is 0 Å². The Morgan fingerprint density at radius 1 is 1.23 bits per heavy atom. The van der Waals surface area contributed by atoms with Crippen molar-refractivity contribution in [3.05, 3.63) is 63.0 Å². The highest BCUT2D eigenvalue weighted by Crippen LogP contribution is 2.30. The molecular formula is C23H28ClNO4S. The Morgan fingerprint density at radius 3 is 2.67 bits per heavy atom. The molecule has 0 aliphatic carbocycles. The number of thioether (sulfide) groups is 1. The summed E-state index contributed by atoms with van der Waals surface area (Å²) in [6.07, 6.45) is 3.40. The number of carboxylic acids is 1. The fourth-order valence-electron chi connectivity index (χ4n) is 3.15. The van der Waals surface area contributed by atoms with Crippen molar-refractivity contribution in [3.63, 3.8) is 0 Å². The maximum absolute atomic E-state index is 11.0. The van der Waals surface area contributed by atoms with Crippen molar-refractivity contribution in [1.29, 1.82) is 0 Å². The van der Waals surface area contributed by atoms with E-state index in [1.54, 1.807) is 23.9 Å². The number of carbonyl (C=O) groups is 1. The van der Waals surface area contributed by atoms with E-state index in [-0.39, 0.29) is 12.5 Å². The highest BCUT2D eigenvalue weighted by atomic mass is 35.5. The van der Waals surface area contributed by atoms with E-state index >= 15 is 0 Å². The fraction of sp³-hybridized carbons (Fsp3) is 0.435. The summed E-state index contributed by atoms with van der Waals surface area (Å²) in [6.45, 7) is 4.66. The molecule has 0 amide bonds. The van der Waals surface area contributed by atoms with Gasteiger partial charge < -0.3 is 9.84 Å². The largest absolute Gasteiger partial charge is 0.493 e. The van der Waals surface area contributed by atoms with Crippen molar-refractivity contribution in [2.24, 2.45) is 5.18 Å². The Bertz CT molecular complexity index is 859. The zero-order valence-corrected chi connectivity index (χ0v) is 19.0. The van der Waals surface area contributed by atoms with E-state index in [4.69, 9.17) is 21.4 Å². The van der Waals surface area contributed by atoms with Crippen LogP contribution in [0.2, 0.25) is 5.02 Å². The molecule has 0 fully saturated rings. The number of benzene rings is 2. The zero-order valence-electron chi connectivity index (χ0n) is 17.4. The first-order valence-electron chi connectivity index (χ1n) is 10.2. The average Bonchev–Trinajstić information content (AvgIpc) is 2.71. The number of aryl methyl sites for hydroxylation is 1. The van der Waals surface area contributed by atoms with Gasteiger partial charge in [-0.1, -0.05) is 49.2 Å². The standard InChI is InChI=1S/C23H28ClNO4S/c1-3-6-18-15-17(20(4-2)25-28)8-9-21(18)29-11-5-12-30-22-10-7-16(13-19(22)24)14-23(26)27/h7-10,13,15,20H,3-6,11-12,14H2,1-2H3,(H,26,27). The number of ether oxygens (including phenoxy) is 1. The van der Waals surface area contributed by atoms with E-state index in [0.717, 1.165) is 46.8 Å². The average molecular weight is 450 g/mol. The smallest absolute Gasteiger partial charge is 0.307 e. The molecule has 0 spiro atoms. The molecular weight excluding hydrogens is 422 g/mol. The molecule has 0 heterocycles. The van der Waals surface area contributed by atoms with Crippen molar-refractivity contribution in [2.75, 3.05) is 12.4 Å². The first-order chi connectivity index (χ1) is 14.5. The van der Waals surface area contributed by atoms with Crippen LogP contribution in [0, 0.1) is 4.91 Å². The van der Waals surface area contributed by atoms with Gasteiger partial charge in [-0.2, -0.15) is 4.91 Å². The van der Waals surface area contributed by atoms with Gasteiger partial charge in [0.1, 0.15) is 11.8 Å². The topological polar surface area (TPSA) is 76.0 Å². The SMILES string of the molecule is CCCc1cc(C(CC)N=O)ccc1OCCCSc1ccc(CC(=O)O)cc1Cl. The predicted molar refractivity (Wildman–Crippen MR) is 123 cm³/mol. The molecule has 7 heteroatoms. The molecule has 0 radical (unpaired) electrons. The van der Waals surface area contributed by atoms with Crippen molar-refractivity contribution < 1.29 is 14.6 Å². The van der Waals surface area contributed by atoms with Crippen LogP contribution < -0.4 is 4.74 Å². The first-order valence-corrected chi connectivity index (χ1v) is 11.6. The fourth-order valence-corrected chi connectivity index (χ4v) is 4.36. The minimum atomic E-state index is -0.869. The van der Waals surface area contributed by atoms with E-state index in [9.17, 15) is 9.70 Å². The molecule has 0 aliphatic heterocycles. The third-order valence-electron chi connectivity index (χ3n) is 4.66. The molecule has 2 aromatic rings. The minimum absolute atomic E-state index is 0.0285. The summed E-state index contributed by atoms with van der Waals surface area (Å²) in [5, 5.41) is 12.7. The molecule has 2 rings (SSSR count). The summed E-state index contributed by atoms with van der Waals surface area (Å²) >= 11 is 7.90. The van der Waals surface area contributed by atoms with E-state index < -0.39 is 5.97 Å². The summed E-state index contributed by atoms with van der Waals surface area (Å²) in [7, 11) is 0. The van der Waals surface area contributed by atoms with Gasteiger partial charge in [0.25, 0.3) is 0 Å². The van der Waals surface area contributed by atoms with Crippen LogP contribution in [0.5, 0.6) is 5.75 Å². The Morgan fingerprint density at radius 2 is 2.03 bits per heavy atom. The minimum Gasteiger partial charge on any atom is -0.493 e. The van der Waals surface area contributed by atoms with Crippen LogP contribution in [0.1, 0.15) is 55.8 Å². The number of carboxylic acid groups (broad SMARTS) is 1. The van der Waals surface area contributed by atoms with Gasteiger partial charge in [0.15, 0.2) is 0 Å². The number of nitrogens with zero attached hydrogens (tertiary/aromatic N) is 1. The number of hydrogen-bond donors (Lipinski definition) is 1. The highest BCUT2D eigenvalue weighted by molar-refractivity contribution is 7.99. The normalized spacial score (nSPS) is 11.8. The number of nitroso groups, excluding NO2 is 1. The van der Waals surface area contributed by atoms with Crippen molar-refractivity contribution in [3.8, 4) is 5.75 Å². The second-order valence-electron chi connectivity index (χ2n) is 7.03. The van der Waals surface area contributed by atoms with E-state index in [2.05, 4.69) is 12.1 Å². The molecule has 2 aromatic carbocycles. The monoisotopic (exact) mass is 449 g/mol. The first kappa shape index (κ1) is 24.2. The summed E-state index contributed by atoms with van der Waals surface area (Å²) in [6, 6.07) is 11.0. The van der Waals surface area contributed by atoms with Gasteiger partial charge in [-0.3, -0.25) is 4.79 Å². The maximum Gasteiger partial charge on any atom is 0.307 e. The lowest BCUT2D eigenvalue weighted by Gasteiger charge is -2.14. The lowest BCUT2D eigenvalue weighted by Crippen LogP contribution is -2.03. The van der Waals surface area contributed by atoms with Crippen LogP contribution >= 0.6 is 23.4 Å². The Labute approximate surface area is 187 Å². The Balaban J connectivity index is 1.88. The van der Waals surface area contributed by atoms with E-state index in [1.807, 2.05) is 31.2 Å². The lowest BCUT2D eigenvalue weighted by atomic mass is 10.00. The molecule has 1 atom stereocenters. The van der Waals surface area contributed by atoms with E-state index in [0.29, 0.717) is 23.6 Å². The molecule has 1 unspecified atom stereocenters. The third kappa shape index (κ3) is 7.33. The molecule has 0 saturated heterocycles. The summed E-state index contributed by atoms with van der Waals surface area (Å²) in [4.78, 5) is 22.8. The Kier molecular flexibility index (Phi) is 10.2. The molecule has 5 nitrogen and oxygen atoms in total. The quantitative estimate of drug-likeness (QED) is 0.209. The molecule has 162 valence electrons. The van der Waals surface area contributed by atoms with Gasteiger partial charge in [-0.05, 0) is 60.2 Å². The Hall–Kier alpha value is -2.05. The summed E-state index contributed by atoms with van der Waals surface area (Å²) < 4.78 is 6.00. The van der Waals surface area contributed by atoms with Crippen molar-refractivity contribution >= 4 is 29.3 Å². The second kappa shape index (κ2) is 12.6. The van der Waals surface area contributed by atoms with Crippen LogP contribution in [-0.2, 0) is 17.6 Å². The number of halogens is 1. The molecule has 1 N–H and O–H groups in total. The molecule has 0 aromatic heterocycles. The number of hydrogen-bond acceptors (Lipinski definition) is 5. The summed E-state index contributed by atoms with van der Waals surface area (Å²) in [5.41, 5.74) is 2.75. The van der Waals surface area contributed by atoms with Gasteiger partial charge in [-0.15, -0.1) is 11.8 Å². The van der Waals surface area contributed by atoms with Crippen LogP contribution in [0.3, 0.4) is 0 Å². The predicted octanol–water partition coefficient (Wildman–Crippen LogP) is 6.70. The lowest BCUT2D eigenvalue weighted by molar-refractivity contribution is -0.136. The van der Waals surface area contributed by atoms with Gasteiger partial charge in [0.05, 0.1) is 18.1 Å². The van der Waals surface area contributed by atoms with Gasteiger partial charge >= 0.3 is 5.97 Å². The zero-order chi connectivity index (χ0) is 21.9. The number of aliphatic carboxylic acids is 1. The van der Waals surface area contributed by atoms with Crippen LogP contribution in [-0.4, -0.2) is 23.4 Å². The van der Waals surface area contributed by atoms with Crippen LogP contribution in [0.15, 0.2) is 46.5 Å². The summed E-state index contributed by atoms with van der Waals surface area (Å²) in [5.74, 6) is 0.834. The molecule has 0 bridgehead atoms. The van der Waals surface area contributed by atoms with Gasteiger partial charge in [0.2, 0.25) is 0 Å². The van der Waals surface area contributed by atoms with Gasteiger partial charge in [0, 0.05) is 10.6 Å². The van der Waals surface area contributed by atoms with E-state index in [1.165, 1.54) is 0 Å².